The fourth-order valence-corrected chi connectivity index (χ4v) is 2.43. The van der Waals surface area contributed by atoms with Crippen LogP contribution < -0.4 is 5.73 Å². The van der Waals surface area contributed by atoms with Gasteiger partial charge in [-0.2, -0.15) is 0 Å². The molecule has 106 valence electrons. The molecule has 0 aliphatic rings. The molecule has 4 heteroatoms. The van der Waals surface area contributed by atoms with Crippen LogP contribution in [0.3, 0.4) is 0 Å². The van der Waals surface area contributed by atoms with Gasteiger partial charge in [0.2, 0.25) is 0 Å². The van der Waals surface area contributed by atoms with E-state index in [0.29, 0.717) is 10.6 Å². The molecule has 20 heavy (non-hydrogen) atoms. The number of benzene rings is 2. The van der Waals surface area contributed by atoms with Crippen molar-refractivity contribution in [3.63, 3.8) is 0 Å². The highest BCUT2D eigenvalue weighted by molar-refractivity contribution is 6.30. The number of rotatable bonds is 4. The molecule has 0 saturated heterocycles. The third kappa shape index (κ3) is 3.18. The van der Waals surface area contributed by atoms with E-state index in [0.717, 1.165) is 11.1 Å². The van der Waals surface area contributed by atoms with Crippen LogP contribution in [0.25, 0.3) is 0 Å². The molecule has 0 amide bonds. The summed E-state index contributed by atoms with van der Waals surface area (Å²) in [6.45, 7) is 2.10. The smallest absolute Gasteiger partial charge is 0.123 e. The average molecular weight is 294 g/mol. The fourth-order valence-electron chi connectivity index (χ4n) is 2.30. The first-order valence-electron chi connectivity index (χ1n) is 6.42. The first-order chi connectivity index (χ1) is 9.52. The van der Waals surface area contributed by atoms with Crippen molar-refractivity contribution in [2.45, 2.75) is 18.9 Å². The van der Waals surface area contributed by atoms with Gasteiger partial charge in [0, 0.05) is 17.5 Å². The number of hydrogen-bond donors (Lipinski definition) is 2. The summed E-state index contributed by atoms with van der Waals surface area (Å²) in [7, 11) is 0. The molecule has 0 bridgehead atoms. The van der Waals surface area contributed by atoms with E-state index in [9.17, 15) is 9.50 Å². The number of aryl methyl sites for hydroxylation is 1. The Kier molecular flexibility index (Phi) is 4.76. The van der Waals surface area contributed by atoms with E-state index in [2.05, 4.69) is 0 Å². The quantitative estimate of drug-likeness (QED) is 0.905. The van der Waals surface area contributed by atoms with Crippen LogP contribution in [0.15, 0.2) is 42.5 Å². The summed E-state index contributed by atoms with van der Waals surface area (Å²) >= 11 is 5.86. The number of hydrogen-bond acceptors (Lipinski definition) is 2. The minimum atomic E-state index is -0.850. The molecule has 2 nitrogen and oxygen atoms in total. The van der Waals surface area contributed by atoms with Crippen molar-refractivity contribution in [3.8, 4) is 0 Å². The summed E-state index contributed by atoms with van der Waals surface area (Å²) in [5.74, 6) is -0.663. The molecular weight excluding hydrogens is 277 g/mol. The van der Waals surface area contributed by atoms with Gasteiger partial charge in [-0.1, -0.05) is 29.8 Å². The Bertz CT molecular complexity index is 586. The van der Waals surface area contributed by atoms with E-state index in [1.165, 1.54) is 12.1 Å². The van der Waals surface area contributed by atoms with Crippen LogP contribution in [0.1, 0.15) is 28.7 Å². The summed E-state index contributed by atoms with van der Waals surface area (Å²) in [6, 6.07) is 11.6. The van der Waals surface area contributed by atoms with Crippen molar-refractivity contribution in [3.05, 3.63) is 70.0 Å². The minimum absolute atomic E-state index is 0.263. The second-order valence-electron chi connectivity index (χ2n) is 4.84. The van der Waals surface area contributed by atoms with E-state index < -0.39 is 6.10 Å². The first-order valence-corrected chi connectivity index (χ1v) is 6.80. The zero-order valence-electron chi connectivity index (χ0n) is 11.2. The Morgan fingerprint density at radius 2 is 1.85 bits per heavy atom. The minimum Gasteiger partial charge on any atom is -0.388 e. The van der Waals surface area contributed by atoms with Crippen LogP contribution in [0.4, 0.5) is 4.39 Å². The van der Waals surface area contributed by atoms with Crippen molar-refractivity contribution in [1.29, 1.82) is 0 Å². The van der Waals surface area contributed by atoms with E-state index in [-0.39, 0.29) is 18.3 Å². The number of aliphatic hydroxyl groups is 1. The Labute approximate surface area is 123 Å². The zero-order chi connectivity index (χ0) is 14.7. The summed E-state index contributed by atoms with van der Waals surface area (Å²) in [5, 5.41) is 11.2. The van der Waals surface area contributed by atoms with Gasteiger partial charge >= 0.3 is 0 Å². The summed E-state index contributed by atoms with van der Waals surface area (Å²) < 4.78 is 13.4. The van der Waals surface area contributed by atoms with E-state index in [4.69, 9.17) is 17.3 Å². The lowest BCUT2D eigenvalue weighted by Crippen LogP contribution is -2.21. The molecule has 0 heterocycles. The van der Waals surface area contributed by atoms with Crippen molar-refractivity contribution < 1.29 is 9.50 Å². The summed E-state index contributed by atoms with van der Waals surface area (Å²) in [4.78, 5) is 0. The van der Waals surface area contributed by atoms with E-state index in [1.54, 1.807) is 18.2 Å². The van der Waals surface area contributed by atoms with Gasteiger partial charge in [0.05, 0.1) is 6.10 Å². The predicted octanol–water partition coefficient (Wildman–Crippen LogP) is 3.56. The maximum absolute atomic E-state index is 13.4. The monoisotopic (exact) mass is 293 g/mol. The molecule has 3 N–H and O–H groups in total. The summed E-state index contributed by atoms with van der Waals surface area (Å²) in [5.41, 5.74) is 8.07. The Hall–Kier alpha value is -1.42. The van der Waals surface area contributed by atoms with Crippen LogP contribution in [-0.4, -0.2) is 11.7 Å². The predicted molar refractivity (Wildman–Crippen MR) is 79.3 cm³/mol. The average Bonchev–Trinajstić information content (AvgIpc) is 2.44. The third-order valence-corrected chi connectivity index (χ3v) is 3.75. The highest BCUT2D eigenvalue weighted by Gasteiger charge is 2.23. The van der Waals surface area contributed by atoms with Gasteiger partial charge in [-0.05, 0) is 47.9 Å². The molecule has 0 saturated carbocycles. The molecule has 2 unspecified atom stereocenters. The van der Waals surface area contributed by atoms with Gasteiger partial charge < -0.3 is 10.8 Å². The molecule has 0 aliphatic carbocycles. The van der Waals surface area contributed by atoms with Gasteiger partial charge in [0.1, 0.15) is 5.82 Å². The van der Waals surface area contributed by atoms with Gasteiger partial charge in [-0.15, -0.1) is 0 Å². The van der Waals surface area contributed by atoms with Crippen molar-refractivity contribution in [1.82, 2.24) is 0 Å². The highest BCUT2D eigenvalue weighted by atomic mass is 35.5. The highest BCUT2D eigenvalue weighted by Crippen LogP contribution is 2.32. The number of nitrogens with two attached hydrogens (primary N) is 1. The molecule has 0 fully saturated rings. The third-order valence-electron chi connectivity index (χ3n) is 3.49. The largest absolute Gasteiger partial charge is 0.388 e. The maximum Gasteiger partial charge on any atom is 0.123 e. The van der Waals surface area contributed by atoms with Crippen LogP contribution in [0.2, 0.25) is 5.02 Å². The normalized spacial score (nSPS) is 14.1. The van der Waals surface area contributed by atoms with Gasteiger partial charge in [0.15, 0.2) is 0 Å². The molecule has 0 radical (unpaired) electrons. The van der Waals surface area contributed by atoms with Gasteiger partial charge in [0.25, 0.3) is 0 Å². The molecular formula is C16H17ClFNO. The second-order valence-corrected chi connectivity index (χ2v) is 5.28. The topological polar surface area (TPSA) is 46.2 Å². The van der Waals surface area contributed by atoms with Crippen molar-refractivity contribution >= 4 is 11.6 Å². The number of aliphatic hydroxyl groups excluding tert-OH is 1. The lowest BCUT2D eigenvalue weighted by molar-refractivity contribution is 0.146. The molecule has 2 aromatic rings. The summed E-state index contributed by atoms with van der Waals surface area (Å²) in [6.07, 6.45) is -0.850. The van der Waals surface area contributed by atoms with Crippen molar-refractivity contribution in [2.75, 3.05) is 6.54 Å². The van der Waals surface area contributed by atoms with Crippen LogP contribution in [0, 0.1) is 12.7 Å². The maximum atomic E-state index is 13.4. The van der Waals surface area contributed by atoms with Gasteiger partial charge in [-0.25, -0.2) is 4.39 Å². The lowest BCUT2D eigenvalue weighted by Gasteiger charge is -2.23. The van der Waals surface area contributed by atoms with Crippen LogP contribution >= 0.6 is 11.6 Å². The Morgan fingerprint density at radius 3 is 2.45 bits per heavy atom. The standard InChI is InChI=1S/C16H17ClFNO/c1-10-2-7-13(18)8-14(10)16(20)15(9-19)11-3-5-12(17)6-4-11/h2-8,15-16,20H,9,19H2,1H3. The molecule has 2 rings (SSSR count). The Balaban J connectivity index is 2.35. The first kappa shape index (κ1) is 15.0. The molecule has 2 atom stereocenters. The van der Waals surface area contributed by atoms with Crippen LogP contribution in [-0.2, 0) is 0 Å². The molecule has 0 aliphatic heterocycles. The van der Waals surface area contributed by atoms with E-state index in [1.807, 2.05) is 19.1 Å². The Morgan fingerprint density at radius 1 is 1.20 bits per heavy atom. The fraction of sp³-hybridized carbons (Fsp3) is 0.250. The number of halogens is 2. The second kappa shape index (κ2) is 6.35. The van der Waals surface area contributed by atoms with Gasteiger partial charge in [-0.3, -0.25) is 0 Å². The lowest BCUT2D eigenvalue weighted by atomic mass is 9.87. The van der Waals surface area contributed by atoms with E-state index >= 15 is 0 Å². The zero-order valence-corrected chi connectivity index (χ0v) is 11.9. The molecule has 0 spiro atoms. The SMILES string of the molecule is Cc1ccc(F)cc1C(O)C(CN)c1ccc(Cl)cc1. The van der Waals surface area contributed by atoms with Crippen LogP contribution in [0.5, 0.6) is 0 Å². The molecule has 0 aromatic heterocycles. The van der Waals surface area contributed by atoms with Crippen molar-refractivity contribution in [2.24, 2.45) is 5.73 Å². The molecule has 2 aromatic carbocycles.